The Morgan fingerprint density at radius 2 is 1.84 bits per heavy atom. The Morgan fingerprint density at radius 3 is 2.40 bits per heavy atom. The van der Waals surface area contributed by atoms with E-state index in [2.05, 4.69) is 15.9 Å². The fraction of sp³-hybridized carbons (Fsp3) is 0.529. The number of halogens is 3. The van der Waals surface area contributed by atoms with E-state index in [9.17, 15) is 18.4 Å². The van der Waals surface area contributed by atoms with Gasteiger partial charge >= 0.3 is 6.09 Å². The van der Waals surface area contributed by atoms with E-state index in [0.717, 1.165) is 0 Å². The van der Waals surface area contributed by atoms with Gasteiger partial charge in [-0.3, -0.25) is 4.79 Å². The van der Waals surface area contributed by atoms with Crippen LogP contribution in [0.15, 0.2) is 16.6 Å². The van der Waals surface area contributed by atoms with Crippen LogP contribution in [0.2, 0.25) is 0 Å². The SMILES string of the molecule is CC1CN(C(=O)c2ccc(Br)c(F)c2F)CCN1C(=O)OC(C)(C)C. The van der Waals surface area contributed by atoms with Crippen LogP contribution < -0.4 is 0 Å². The van der Waals surface area contributed by atoms with Crippen molar-refractivity contribution in [3.05, 3.63) is 33.8 Å². The van der Waals surface area contributed by atoms with Crippen LogP contribution in [0.3, 0.4) is 0 Å². The first kappa shape index (κ1) is 19.6. The highest BCUT2D eigenvalue weighted by molar-refractivity contribution is 9.10. The van der Waals surface area contributed by atoms with Crippen LogP contribution in [0.5, 0.6) is 0 Å². The maximum atomic E-state index is 14.0. The highest BCUT2D eigenvalue weighted by Crippen LogP contribution is 2.23. The molecule has 0 bridgehead atoms. The first-order valence-corrected chi connectivity index (χ1v) is 8.73. The van der Waals surface area contributed by atoms with E-state index in [1.807, 2.05) is 0 Å². The molecule has 25 heavy (non-hydrogen) atoms. The van der Waals surface area contributed by atoms with Gasteiger partial charge in [-0.25, -0.2) is 13.6 Å². The molecule has 1 heterocycles. The molecule has 0 N–H and O–H groups in total. The van der Waals surface area contributed by atoms with Crippen molar-refractivity contribution >= 4 is 27.9 Å². The van der Waals surface area contributed by atoms with Gasteiger partial charge in [0, 0.05) is 25.7 Å². The molecule has 1 aliphatic rings. The smallest absolute Gasteiger partial charge is 0.410 e. The minimum Gasteiger partial charge on any atom is -0.444 e. The molecule has 5 nitrogen and oxygen atoms in total. The topological polar surface area (TPSA) is 49.9 Å². The predicted molar refractivity (Wildman–Crippen MR) is 92.4 cm³/mol. The highest BCUT2D eigenvalue weighted by atomic mass is 79.9. The minimum atomic E-state index is -1.18. The fourth-order valence-electron chi connectivity index (χ4n) is 2.60. The van der Waals surface area contributed by atoms with Crippen molar-refractivity contribution in [1.82, 2.24) is 9.80 Å². The van der Waals surface area contributed by atoms with Crippen LogP contribution in [-0.2, 0) is 4.74 Å². The molecule has 0 aliphatic carbocycles. The summed E-state index contributed by atoms with van der Waals surface area (Å²) in [4.78, 5) is 27.6. The summed E-state index contributed by atoms with van der Waals surface area (Å²) in [6.45, 7) is 7.82. The van der Waals surface area contributed by atoms with Crippen LogP contribution in [-0.4, -0.2) is 53.1 Å². The monoisotopic (exact) mass is 418 g/mol. The average molecular weight is 419 g/mol. The number of carbonyl (C=O) groups excluding carboxylic acids is 2. The van der Waals surface area contributed by atoms with Crippen molar-refractivity contribution < 1.29 is 23.1 Å². The first-order valence-electron chi connectivity index (χ1n) is 7.93. The third kappa shape index (κ3) is 4.48. The Bertz CT molecular complexity index is 691. The average Bonchev–Trinajstić information content (AvgIpc) is 2.50. The van der Waals surface area contributed by atoms with Crippen molar-refractivity contribution in [1.29, 1.82) is 0 Å². The molecule has 1 saturated heterocycles. The molecule has 1 atom stereocenters. The number of piperazine rings is 1. The lowest BCUT2D eigenvalue weighted by Crippen LogP contribution is -2.56. The van der Waals surface area contributed by atoms with Crippen molar-refractivity contribution in [2.45, 2.75) is 39.3 Å². The molecule has 1 unspecified atom stereocenters. The maximum absolute atomic E-state index is 14.0. The quantitative estimate of drug-likeness (QED) is 0.651. The zero-order valence-corrected chi connectivity index (χ0v) is 16.2. The summed E-state index contributed by atoms with van der Waals surface area (Å²) in [6, 6.07) is 2.25. The Hall–Kier alpha value is -1.70. The van der Waals surface area contributed by atoms with E-state index in [-0.39, 0.29) is 35.7 Å². The molecule has 138 valence electrons. The summed E-state index contributed by atoms with van der Waals surface area (Å²) >= 11 is 2.88. The second-order valence-electron chi connectivity index (χ2n) is 7.00. The Labute approximate surface area is 154 Å². The summed E-state index contributed by atoms with van der Waals surface area (Å²) in [6.07, 6.45) is -0.451. The Morgan fingerprint density at radius 1 is 1.20 bits per heavy atom. The molecule has 1 aromatic rings. The summed E-state index contributed by atoms with van der Waals surface area (Å²) in [5, 5.41) is 0. The molecule has 2 amide bonds. The highest BCUT2D eigenvalue weighted by Gasteiger charge is 2.33. The number of rotatable bonds is 1. The fourth-order valence-corrected chi connectivity index (χ4v) is 2.90. The molecule has 0 aromatic heterocycles. The van der Waals surface area contributed by atoms with Gasteiger partial charge < -0.3 is 14.5 Å². The van der Waals surface area contributed by atoms with Crippen LogP contribution in [0, 0.1) is 11.6 Å². The molecular weight excluding hydrogens is 398 g/mol. The predicted octanol–water partition coefficient (Wildman–Crippen LogP) is 3.81. The molecule has 2 rings (SSSR count). The summed E-state index contributed by atoms with van der Waals surface area (Å²) in [5.41, 5.74) is -0.930. The molecule has 1 aromatic carbocycles. The van der Waals surface area contributed by atoms with Crippen LogP contribution in [0.25, 0.3) is 0 Å². The second-order valence-corrected chi connectivity index (χ2v) is 7.85. The van der Waals surface area contributed by atoms with Gasteiger partial charge in [0.25, 0.3) is 5.91 Å². The van der Waals surface area contributed by atoms with E-state index >= 15 is 0 Å². The largest absolute Gasteiger partial charge is 0.444 e. The van der Waals surface area contributed by atoms with Crippen molar-refractivity contribution in [3.8, 4) is 0 Å². The summed E-state index contributed by atoms with van der Waals surface area (Å²) < 4.78 is 33.0. The lowest BCUT2D eigenvalue weighted by molar-refractivity contribution is 0.00189. The zero-order valence-electron chi connectivity index (χ0n) is 14.6. The number of hydrogen-bond donors (Lipinski definition) is 0. The van der Waals surface area contributed by atoms with Crippen molar-refractivity contribution in [2.75, 3.05) is 19.6 Å². The summed E-state index contributed by atoms with van der Waals surface area (Å²) in [5.74, 6) is -2.87. The first-order chi connectivity index (χ1) is 11.5. The minimum absolute atomic E-state index is 0.0373. The maximum Gasteiger partial charge on any atom is 0.410 e. The van der Waals surface area contributed by atoms with Gasteiger partial charge in [-0.05, 0) is 55.8 Å². The zero-order chi connectivity index (χ0) is 18.9. The second kappa shape index (κ2) is 7.27. The van der Waals surface area contributed by atoms with Crippen LogP contribution in [0.1, 0.15) is 38.1 Å². The number of carbonyl (C=O) groups is 2. The van der Waals surface area contributed by atoms with E-state index in [1.165, 1.54) is 21.9 Å². The molecular formula is C17H21BrF2N2O3. The molecule has 0 spiro atoms. The van der Waals surface area contributed by atoms with Gasteiger partial charge in [-0.15, -0.1) is 0 Å². The van der Waals surface area contributed by atoms with Crippen molar-refractivity contribution in [2.24, 2.45) is 0 Å². The third-order valence-corrected chi connectivity index (χ3v) is 4.42. The van der Waals surface area contributed by atoms with Crippen LogP contribution in [0.4, 0.5) is 13.6 Å². The number of benzene rings is 1. The van der Waals surface area contributed by atoms with E-state index in [1.54, 1.807) is 27.7 Å². The van der Waals surface area contributed by atoms with Gasteiger partial charge in [-0.1, -0.05) is 0 Å². The van der Waals surface area contributed by atoms with Gasteiger partial charge in [0.15, 0.2) is 11.6 Å². The summed E-state index contributed by atoms with van der Waals surface area (Å²) in [7, 11) is 0. The van der Waals surface area contributed by atoms with Crippen LogP contribution >= 0.6 is 15.9 Å². The van der Waals surface area contributed by atoms with Crippen molar-refractivity contribution in [3.63, 3.8) is 0 Å². The lowest BCUT2D eigenvalue weighted by atomic mass is 10.1. The number of amides is 2. The Kier molecular flexibility index (Phi) is 5.71. The van der Waals surface area contributed by atoms with E-state index < -0.39 is 29.2 Å². The van der Waals surface area contributed by atoms with Gasteiger partial charge in [0.1, 0.15) is 5.60 Å². The third-order valence-electron chi connectivity index (χ3n) is 3.81. The van der Waals surface area contributed by atoms with Gasteiger partial charge in [0.05, 0.1) is 10.0 Å². The molecule has 0 radical (unpaired) electrons. The van der Waals surface area contributed by atoms with Gasteiger partial charge in [-0.2, -0.15) is 0 Å². The molecule has 8 heteroatoms. The van der Waals surface area contributed by atoms with E-state index in [0.29, 0.717) is 0 Å². The number of nitrogens with zero attached hydrogens (tertiary/aromatic N) is 2. The van der Waals surface area contributed by atoms with Gasteiger partial charge in [0.2, 0.25) is 0 Å². The number of hydrogen-bond acceptors (Lipinski definition) is 3. The molecule has 1 fully saturated rings. The molecule has 0 saturated carbocycles. The Balaban J connectivity index is 2.09. The normalized spacial score (nSPS) is 18.3. The lowest BCUT2D eigenvalue weighted by Gasteiger charge is -2.40. The van der Waals surface area contributed by atoms with E-state index in [4.69, 9.17) is 4.74 Å². The standard InChI is InChI=1S/C17H21BrF2N2O3/c1-10-9-21(7-8-22(10)16(24)25-17(2,3)4)15(23)11-5-6-12(18)14(20)13(11)19/h5-6,10H,7-9H2,1-4H3. The number of ether oxygens (including phenoxy) is 1. The molecule has 1 aliphatic heterocycles.